The molecule has 8 heteroatoms. The molecular formula is C25H20Cl2N2O4. The minimum atomic E-state index is -1.33. The van der Waals surface area contributed by atoms with Crippen LogP contribution in [0.3, 0.4) is 0 Å². The summed E-state index contributed by atoms with van der Waals surface area (Å²) in [6.45, 7) is 0. The van der Waals surface area contributed by atoms with Gasteiger partial charge in [-0.05, 0) is 41.5 Å². The Morgan fingerprint density at radius 2 is 1.94 bits per heavy atom. The number of carboxylic acids is 1. The van der Waals surface area contributed by atoms with Crippen molar-refractivity contribution in [3.8, 4) is 5.75 Å². The normalized spacial score (nSPS) is 20.9. The first-order valence-corrected chi connectivity index (χ1v) is 11.1. The first-order chi connectivity index (χ1) is 15.8. The highest BCUT2D eigenvalue weighted by molar-refractivity contribution is 6.31. The third-order valence-corrected chi connectivity index (χ3v) is 6.84. The summed E-state index contributed by atoms with van der Waals surface area (Å²) >= 11 is 12.5. The lowest BCUT2D eigenvalue weighted by atomic mass is 9.82. The predicted octanol–water partition coefficient (Wildman–Crippen LogP) is 4.91. The van der Waals surface area contributed by atoms with Crippen molar-refractivity contribution in [2.75, 3.05) is 17.3 Å². The van der Waals surface area contributed by atoms with E-state index in [0.29, 0.717) is 32.7 Å². The van der Waals surface area contributed by atoms with Gasteiger partial charge in [-0.3, -0.25) is 4.79 Å². The van der Waals surface area contributed by atoms with Crippen LogP contribution in [0.4, 0.5) is 11.4 Å². The molecule has 2 unspecified atom stereocenters. The van der Waals surface area contributed by atoms with Crippen molar-refractivity contribution in [3.63, 3.8) is 0 Å². The number of carbonyl (C=O) groups is 2. The van der Waals surface area contributed by atoms with E-state index >= 15 is 0 Å². The number of methoxy groups -OCH3 is 1. The number of fused-ring (bicyclic) bond motifs is 2. The number of hydrogen-bond donors (Lipinski definition) is 2. The van der Waals surface area contributed by atoms with Crippen molar-refractivity contribution in [3.05, 3.63) is 87.4 Å². The molecule has 0 fully saturated rings. The molecule has 2 atom stereocenters. The quantitative estimate of drug-likeness (QED) is 0.540. The Morgan fingerprint density at radius 3 is 2.67 bits per heavy atom. The highest BCUT2D eigenvalue weighted by atomic mass is 35.5. The van der Waals surface area contributed by atoms with Gasteiger partial charge >= 0.3 is 5.97 Å². The Hall–Kier alpha value is -3.22. The van der Waals surface area contributed by atoms with E-state index in [1.807, 2.05) is 18.2 Å². The molecule has 0 spiro atoms. The number of hydrogen-bond acceptors (Lipinski definition) is 4. The average molecular weight is 483 g/mol. The fourth-order valence-electron chi connectivity index (χ4n) is 4.98. The maximum Gasteiger partial charge on any atom is 0.326 e. The van der Waals surface area contributed by atoms with Crippen LogP contribution in [0.2, 0.25) is 10.0 Å². The summed E-state index contributed by atoms with van der Waals surface area (Å²) in [5.74, 6) is -0.745. The Balaban J connectivity index is 1.78. The van der Waals surface area contributed by atoms with E-state index in [1.54, 1.807) is 54.5 Å². The molecule has 2 heterocycles. The highest BCUT2D eigenvalue weighted by Crippen LogP contribution is 2.50. The molecule has 0 aromatic heterocycles. The van der Waals surface area contributed by atoms with Crippen LogP contribution in [0.15, 0.2) is 60.7 Å². The van der Waals surface area contributed by atoms with Gasteiger partial charge < -0.3 is 20.1 Å². The van der Waals surface area contributed by atoms with Gasteiger partial charge in [0.05, 0.1) is 7.11 Å². The lowest BCUT2D eigenvalue weighted by Gasteiger charge is -2.42. The molecule has 0 aliphatic carbocycles. The molecule has 2 aliphatic heterocycles. The van der Waals surface area contributed by atoms with Gasteiger partial charge in [0.2, 0.25) is 0 Å². The average Bonchev–Trinajstić information content (AvgIpc) is 3.29. The number of carbonyl (C=O) groups excluding carboxylic acids is 1. The lowest BCUT2D eigenvalue weighted by Crippen LogP contribution is -2.58. The summed E-state index contributed by atoms with van der Waals surface area (Å²) in [7, 11) is 1.55. The van der Waals surface area contributed by atoms with Crippen molar-refractivity contribution < 1.29 is 19.4 Å². The SMILES string of the molecule is COc1ccc2c(c1)N(C1(Cc3cccc(Cl)c3)C(=O)Nc3cc(Cl)ccc31)C(C(=O)O)C2. The molecule has 0 bridgehead atoms. The minimum Gasteiger partial charge on any atom is -0.497 e. The smallest absolute Gasteiger partial charge is 0.326 e. The number of anilines is 2. The Kier molecular flexibility index (Phi) is 5.22. The number of aliphatic carboxylic acids is 1. The molecule has 0 radical (unpaired) electrons. The summed E-state index contributed by atoms with van der Waals surface area (Å²) in [6, 6.07) is 16.9. The second kappa shape index (κ2) is 7.97. The van der Waals surface area contributed by atoms with Crippen molar-refractivity contribution in [2.24, 2.45) is 0 Å². The molecule has 2 aliphatic rings. The number of nitrogens with one attached hydrogen (secondary N) is 1. The fraction of sp³-hybridized carbons (Fsp3) is 0.200. The summed E-state index contributed by atoms with van der Waals surface area (Å²) in [4.78, 5) is 28.0. The van der Waals surface area contributed by atoms with Crippen LogP contribution in [0.25, 0.3) is 0 Å². The van der Waals surface area contributed by atoms with E-state index in [0.717, 1.165) is 11.1 Å². The Bertz CT molecular complexity index is 1300. The van der Waals surface area contributed by atoms with E-state index in [1.165, 1.54) is 0 Å². The molecule has 5 rings (SSSR count). The Labute approximate surface area is 200 Å². The number of halogens is 2. The second-order valence-electron chi connectivity index (χ2n) is 8.23. The standard InChI is InChI=1S/C25H20Cl2N2O4/c1-33-18-7-5-15-10-22(23(30)31)29(21(15)12-18)25(13-14-3-2-4-16(26)9-14)19-8-6-17(27)11-20(19)28-24(25)32/h2-9,11-12,22H,10,13H2,1H3,(H,28,32)(H,30,31). The van der Waals surface area contributed by atoms with Gasteiger partial charge in [0.15, 0.2) is 5.54 Å². The third-order valence-electron chi connectivity index (χ3n) is 6.37. The number of carboxylic acid groups (broad SMARTS) is 1. The van der Waals surface area contributed by atoms with Crippen LogP contribution in [0, 0.1) is 0 Å². The zero-order chi connectivity index (χ0) is 23.3. The van der Waals surface area contributed by atoms with Crippen molar-refractivity contribution >= 4 is 46.5 Å². The van der Waals surface area contributed by atoms with Crippen LogP contribution >= 0.6 is 23.2 Å². The number of benzene rings is 3. The van der Waals surface area contributed by atoms with Crippen LogP contribution in [0.1, 0.15) is 16.7 Å². The zero-order valence-electron chi connectivity index (χ0n) is 17.6. The van der Waals surface area contributed by atoms with E-state index in [4.69, 9.17) is 27.9 Å². The molecule has 3 aromatic carbocycles. The summed E-state index contributed by atoms with van der Waals surface area (Å²) < 4.78 is 5.42. The maximum absolute atomic E-state index is 13.8. The van der Waals surface area contributed by atoms with E-state index < -0.39 is 17.6 Å². The molecule has 0 saturated carbocycles. The van der Waals surface area contributed by atoms with E-state index in [-0.39, 0.29) is 18.7 Å². The molecule has 2 N–H and O–H groups in total. The number of rotatable bonds is 5. The molecule has 0 saturated heterocycles. The van der Waals surface area contributed by atoms with Crippen LogP contribution in [-0.4, -0.2) is 30.1 Å². The van der Waals surface area contributed by atoms with E-state index in [9.17, 15) is 14.7 Å². The first kappa shape index (κ1) is 21.6. The van der Waals surface area contributed by atoms with Crippen LogP contribution < -0.4 is 15.0 Å². The van der Waals surface area contributed by atoms with E-state index in [2.05, 4.69) is 5.32 Å². The molecule has 1 amide bonds. The van der Waals surface area contributed by atoms with Gasteiger partial charge in [0.1, 0.15) is 11.8 Å². The minimum absolute atomic E-state index is 0.217. The molecule has 168 valence electrons. The fourth-order valence-corrected chi connectivity index (χ4v) is 5.36. The van der Waals surface area contributed by atoms with Crippen molar-refractivity contribution in [2.45, 2.75) is 24.4 Å². The van der Waals surface area contributed by atoms with Crippen molar-refractivity contribution in [1.29, 1.82) is 0 Å². The zero-order valence-corrected chi connectivity index (χ0v) is 19.2. The highest BCUT2D eigenvalue weighted by Gasteiger charge is 2.57. The maximum atomic E-state index is 13.8. The third kappa shape index (κ3) is 3.41. The second-order valence-corrected chi connectivity index (χ2v) is 9.11. The van der Waals surface area contributed by atoms with Crippen molar-refractivity contribution in [1.82, 2.24) is 0 Å². The summed E-state index contributed by atoms with van der Waals surface area (Å²) in [5.41, 5.74) is 2.20. The van der Waals surface area contributed by atoms with Gasteiger partial charge in [0, 0.05) is 45.9 Å². The van der Waals surface area contributed by atoms with Gasteiger partial charge in [-0.25, -0.2) is 4.79 Å². The number of amides is 1. The molecule has 6 nitrogen and oxygen atoms in total. The Morgan fingerprint density at radius 1 is 1.15 bits per heavy atom. The number of ether oxygens (including phenoxy) is 1. The van der Waals surface area contributed by atoms with Gasteiger partial charge in [-0.1, -0.05) is 47.5 Å². The van der Waals surface area contributed by atoms with Crippen LogP contribution in [0.5, 0.6) is 5.75 Å². The number of nitrogens with zero attached hydrogens (tertiary/aromatic N) is 1. The summed E-state index contributed by atoms with van der Waals surface area (Å²) in [5, 5.41) is 14.2. The largest absolute Gasteiger partial charge is 0.497 e. The molecule has 3 aromatic rings. The van der Waals surface area contributed by atoms with Crippen LogP contribution in [-0.2, 0) is 28.0 Å². The topological polar surface area (TPSA) is 78.9 Å². The van der Waals surface area contributed by atoms with Gasteiger partial charge in [-0.2, -0.15) is 0 Å². The monoisotopic (exact) mass is 482 g/mol. The predicted molar refractivity (Wildman–Crippen MR) is 128 cm³/mol. The lowest BCUT2D eigenvalue weighted by molar-refractivity contribution is -0.139. The summed E-state index contributed by atoms with van der Waals surface area (Å²) in [6.07, 6.45) is 0.483. The molecular weight excluding hydrogens is 463 g/mol. The first-order valence-electron chi connectivity index (χ1n) is 10.4. The van der Waals surface area contributed by atoms with Gasteiger partial charge in [-0.15, -0.1) is 0 Å². The molecule has 33 heavy (non-hydrogen) atoms. The van der Waals surface area contributed by atoms with Gasteiger partial charge in [0.25, 0.3) is 5.91 Å².